The van der Waals surface area contributed by atoms with Gasteiger partial charge in [0.05, 0.1) is 12.2 Å². The first-order chi connectivity index (χ1) is 14.6. The molecule has 0 aromatic heterocycles. The first-order valence-corrected chi connectivity index (χ1v) is 9.11. The number of nitrogens with two attached hydrogens (primary N) is 1. The maximum Gasteiger partial charge on any atom is 0.416 e. The van der Waals surface area contributed by atoms with Gasteiger partial charge in [-0.25, -0.2) is 0 Å². The van der Waals surface area contributed by atoms with Gasteiger partial charge in [-0.05, 0) is 42.5 Å². The van der Waals surface area contributed by atoms with Gasteiger partial charge in [0.15, 0.2) is 12.2 Å². The van der Waals surface area contributed by atoms with Crippen LogP contribution >= 0.6 is 0 Å². The number of nitrogens with zero attached hydrogens (tertiary/aromatic N) is 1. The van der Waals surface area contributed by atoms with Crippen LogP contribution in [0.25, 0.3) is 0 Å². The van der Waals surface area contributed by atoms with Crippen LogP contribution in [-0.2, 0) is 20.5 Å². The molecule has 0 bridgehead atoms. The maximum absolute atomic E-state index is 13.0. The summed E-state index contributed by atoms with van der Waals surface area (Å²) in [7, 11) is 0. The van der Waals surface area contributed by atoms with Crippen molar-refractivity contribution in [1.29, 1.82) is 5.41 Å². The quantitative estimate of drug-likeness (QED) is 0.419. The van der Waals surface area contributed by atoms with Crippen LogP contribution in [0.3, 0.4) is 0 Å². The summed E-state index contributed by atoms with van der Waals surface area (Å²) in [5.74, 6) is -1.92. The summed E-state index contributed by atoms with van der Waals surface area (Å²) in [4.78, 5) is 26.2. The van der Waals surface area contributed by atoms with Crippen LogP contribution in [0.4, 0.5) is 24.5 Å². The van der Waals surface area contributed by atoms with E-state index < -0.39 is 35.8 Å². The second-order valence-electron chi connectivity index (χ2n) is 6.75. The van der Waals surface area contributed by atoms with E-state index >= 15 is 0 Å². The number of ether oxygens (including phenoxy) is 1. The summed E-state index contributed by atoms with van der Waals surface area (Å²) in [5, 5.41) is 20.1. The first-order valence-electron chi connectivity index (χ1n) is 9.11. The molecular formula is C20H19F3N4O4. The molecule has 2 atom stereocenters. The Balaban J connectivity index is 1.73. The van der Waals surface area contributed by atoms with Gasteiger partial charge < -0.3 is 25.8 Å². The lowest BCUT2D eigenvalue weighted by molar-refractivity contribution is -0.150. The molecular weight excluding hydrogens is 417 g/mol. The molecule has 8 nitrogen and oxygen atoms in total. The number of aliphatic hydroxyl groups excluding tert-OH is 1. The molecule has 2 aromatic carbocycles. The lowest BCUT2D eigenvalue weighted by Crippen LogP contribution is -2.55. The number of anilines is 2. The smallest absolute Gasteiger partial charge is 0.384 e. The Bertz CT molecular complexity index is 995. The predicted octanol–water partition coefficient (Wildman–Crippen LogP) is 1.72. The third kappa shape index (κ3) is 5.01. The summed E-state index contributed by atoms with van der Waals surface area (Å²) < 4.78 is 44.2. The van der Waals surface area contributed by atoms with Crippen molar-refractivity contribution in [1.82, 2.24) is 0 Å². The number of rotatable bonds is 5. The Morgan fingerprint density at radius 3 is 2.55 bits per heavy atom. The van der Waals surface area contributed by atoms with Gasteiger partial charge >= 0.3 is 6.18 Å². The third-order valence-corrected chi connectivity index (χ3v) is 4.63. The lowest BCUT2D eigenvalue weighted by Gasteiger charge is -2.34. The van der Waals surface area contributed by atoms with E-state index in [1.54, 1.807) is 0 Å². The Morgan fingerprint density at radius 2 is 1.94 bits per heavy atom. The molecule has 31 heavy (non-hydrogen) atoms. The number of benzene rings is 2. The molecule has 1 aliphatic heterocycles. The number of aliphatic hydroxyl groups is 1. The molecule has 0 aliphatic carbocycles. The average molecular weight is 436 g/mol. The number of amides is 2. The zero-order chi connectivity index (χ0) is 22.8. The van der Waals surface area contributed by atoms with Crippen LogP contribution < -0.4 is 16.0 Å². The van der Waals surface area contributed by atoms with Crippen LogP contribution in [-0.4, -0.2) is 48.1 Å². The molecule has 1 unspecified atom stereocenters. The van der Waals surface area contributed by atoms with E-state index in [1.807, 2.05) is 0 Å². The van der Waals surface area contributed by atoms with Gasteiger partial charge in [-0.1, -0.05) is 6.07 Å². The molecule has 1 saturated heterocycles. The minimum Gasteiger partial charge on any atom is -0.384 e. The summed E-state index contributed by atoms with van der Waals surface area (Å²) in [6, 6.07) is 10.1. The Morgan fingerprint density at radius 1 is 1.26 bits per heavy atom. The number of alkyl halides is 3. The predicted molar refractivity (Wildman–Crippen MR) is 106 cm³/mol. The standard InChI is InChI=1S/C20H19F3N4O4/c21-20(22,23)12-2-1-3-14(10-12)27-8-9-31-16(19(27)30)15(28)18(29)26-13-6-4-11(5-7-13)17(24)25/h1-7,10,15-16,28H,8-9H2,(H3,24,25)(H,26,29)/t15?,16-/m1/s1. The summed E-state index contributed by atoms with van der Waals surface area (Å²) in [6.07, 6.45) is -8.06. The van der Waals surface area contributed by atoms with Crippen LogP contribution in [0, 0.1) is 5.41 Å². The van der Waals surface area contributed by atoms with Crippen molar-refractivity contribution < 1.29 is 32.6 Å². The number of carbonyl (C=O) groups excluding carboxylic acids is 2. The number of halogens is 3. The van der Waals surface area contributed by atoms with Crippen LogP contribution in [0.1, 0.15) is 11.1 Å². The largest absolute Gasteiger partial charge is 0.416 e. The molecule has 2 amide bonds. The molecule has 1 heterocycles. The minimum absolute atomic E-state index is 0.0134. The molecule has 11 heteroatoms. The Labute approximate surface area is 174 Å². The number of nitrogens with one attached hydrogen (secondary N) is 2. The molecule has 1 aliphatic rings. The average Bonchev–Trinajstić information content (AvgIpc) is 2.73. The molecule has 0 saturated carbocycles. The monoisotopic (exact) mass is 436 g/mol. The van der Waals surface area contributed by atoms with Crippen molar-refractivity contribution >= 4 is 29.0 Å². The lowest BCUT2D eigenvalue weighted by atomic mass is 10.1. The Hall–Kier alpha value is -3.44. The highest BCUT2D eigenvalue weighted by molar-refractivity contribution is 6.04. The van der Waals surface area contributed by atoms with Crippen LogP contribution in [0.2, 0.25) is 0 Å². The molecule has 0 spiro atoms. The van der Waals surface area contributed by atoms with Crippen molar-refractivity contribution in [2.24, 2.45) is 5.73 Å². The van der Waals surface area contributed by atoms with Crippen molar-refractivity contribution in [3.63, 3.8) is 0 Å². The van der Waals surface area contributed by atoms with Gasteiger partial charge in [0, 0.05) is 23.5 Å². The van der Waals surface area contributed by atoms with Crippen molar-refractivity contribution in [2.75, 3.05) is 23.4 Å². The van der Waals surface area contributed by atoms with Gasteiger partial charge in [-0.3, -0.25) is 15.0 Å². The first kappa shape index (κ1) is 22.2. The van der Waals surface area contributed by atoms with E-state index in [4.69, 9.17) is 15.9 Å². The second kappa shape index (κ2) is 8.74. The molecule has 3 rings (SSSR count). The van der Waals surface area contributed by atoms with Crippen LogP contribution in [0.5, 0.6) is 0 Å². The third-order valence-electron chi connectivity index (χ3n) is 4.63. The number of nitrogen functional groups attached to an aromatic ring is 1. The van der Waals surface area contributed by atoms with E-state index in [0.717, 1.165) is 17.0 Å². The molecule has 0 radical (unpaired) electrons. The van der Waals surface area contributed by atoms with Crippen molar-refractivity contribution in [2.45, 2.75) is 18.4 Å². The van der Waals surface area contributed by atoms with Gasteiger partial charge in [-0.15, -0.1) is 0 Å². The fraction of sp³-hybridized carbons (Fsp3) is 0.250. The molecule has 2 aromatic rings. The summed E-state index contributed by atoms with van der Waals surface area (Å²) in [6.45, 7) is -0.109. The molecule has 1 fully saturated rings. The van der Waals surface area contributed by atoms with Gasteiger partial charge in [-0.2, -0.15) is 13.2 Å². The zero-order valence-electron chi connectivity index (χ0n) is 16.0. The highest BCUT2D eigenvalue weighted by Gasteiger charge is 2.40. The van der Waals surface area contributed by atoms with Crippen molar-refractivity contribution in [3.8, 4) is 0 Å². The summed E-state index contributed by atoms with van der Waals surface area (Å²) >= 11 is 0. The molecule has 5 N–H and O–H groups in total. The number of hydrogen-bond donors (Lipinski definition) is 4. The number of carbonyl (C=O) groups is 2. The minimum atomic E-state index is -4.58. The van der Waals surface area contributed by atoms with Gasteiger partial charge in [0.25, 0.3) is 11.8 Å². The SMILES string of the molecule is N=C(N)c1ccc(NC(=O)C(O)[C@H]2OCCN(c3cccc(C(F)(F)F)c3)C2=O)cc1. The van der Waals surface area contributed by atoms with E-state index in [1.165, 1.54) is 36.4 Å². The fourth-order valence-electron chi connectivity index (χ4n) is 3.03. The second-order valence-corrected chi connectivity index (χ2v) is 6.75. The maximum atomic E-state index is 13.0. The number of morpholine rings is 1. The topological polar surface area (TPSA) is 129 Å². The van der Waals surface area contributed by atoms with Gasteiger partial charge in [0.2, 0.25) is 0 Å². The fourth-order valence-corrected chi connectivity index (χ4v) is 3.03. The Kier molecular flexibility index (Phi) is 6.27. The highest BCUT2D eigenvalue weighted by Crippen LogP contribution is 2.32. The van der Waals surface area contributed by atoms with E-state index in [2.05, 4.69) is 5.32 Å². The van der Waals surface area contributed by atoms with Crippen LogP contribution in [0.15, 0.2) is 48.5 Å². The zero-order valence-corrected chi connectivity index (χ0v) is 16.0. The normalized spacial score (nSPS) is 17.9. The van der Waals surface area contributed by atoms with Gasteiger partial charge in [0.1, 0.15) is 5.84 Å². The highest BCUT2D eigenvalue weighted by atomic mass is 19.4. The molecule has 164 valence electrons. The number of hydrogen-bond acceptors (Lipinski definition) is 5. The number of amidine groups is 1. The summed E-state index contributed by atoms with van der Waals surface area (Å²) in [5.41, 5.74) is 5.13. The van der Waals surface area contributed by atoms with E-state index in [0.29, 0.717) is 5.56 Å². The van der Waals surface area contributed by atoms with E-state index in [9.17, 15) is 27.9 Å². The van der Waals surface area contributed by atoms with Crippen molar-refractivity contribution in [3.05, 3.63) is 59.7 Å². The van der Waals surface area contributed by atoms with E-state index in [-0.39, 0.29) is 30.4 Å².